The largest absolute Gasteiger partial charge is 0.337 e. The van der Waals surface area contributed by atoms with Gasteiger partial charge >= 0.3 is 5.66 Å². The second-order valence-electron chi connectivity index (χ2n) is 6.81. The van der Waals surface area contributed by atoms with Gasteiger partial charge in [-0.05, 0) is 40.2 Å². The highest BCUT2D eigenvalue weighted by Crippen LogP contribution is 2.28. The summed E-state index contributed by atoms with van der Waals surface area (Å²) in [6.45, 7) is 14.1. The van der Waals surface area contributed by atoms with Crippen molar-refractivity contribution in [1.29, 1.82) is 0 Å². The zero-order valence-electron chi connectivity index (χ0n) is 16.6. The van der Waals surface area contributed by atoms with E-state index in [0.717, 1.165) is 6.08 Å². The summed E-state index contributed by atoms with van der Waals surface area (Å²) < 4.78 is 16.3. The van der Waals surface area contributed by atoms with Gasteiger partial charge in [-0.15, -0.1) is 0 Å². The Morgan fingerprint density at radius 2 is 2.10 bits per heavy atom. The Morgan fingerprint density at radius 1 is 1.32 bits per heavy atom. The van der Waals surface area contributed by atoms with Crippen molar-refractivity contribution in [3.05, 3.63) is 71.2 Å². The van der Waals surface area contributed by atoms with Crippen molar-refractivity contribution in [1.82, 2.24) is 19.7 Å². The number of carbonyl (C=O) groups is 1. The van der Waals surface area contributed by atoms with E-state index in [1.54, 1.807) is 26.2 Å². The molecule has 1 aromatic carbocycles. The molecule has 0 unspecified atom stereocenters. The van der Waals surface area contributed by atoms with E-state index in [1.807, 2.05) is 0 Å². The molecule has 0 bridgehead atoms. The number of anilines is 5. The number of aromatic nitrogens is 4. The maximum absolute atomic E-state index is 14.3. The summed E-state index contributed by atoms with van der Waals surface area (Å²) in [4.78, 5) is 23.6. The molecule has 0 saturated heterocycles. The minimum absolute atomic E-state index is 0.110. The summed E-state index contributed by atoms with van der Waals surface area (Å²) in [5, 5.41) is 12.6. The van der Waals surface area contributed by atoms with E-state index in [-0.39, 0.29) is 11.6 Å². The summed E-state index contributed by atoms with van der Waals surface area (Å²) in [6.07, 6.45) is 5.85. The molecule has 0 aliphatic carbocycles. The van der Waals surface area contributed by atoms with Crippen molar-refractivity contribution in [2.45, 2.75) is 19.5 Å². The Hall–Kier alpha value is -3.78. The molecule has 0 fully saturated rings. The van der Waals surface area contributed by atoms with Crippen molar-refractivity contribution in [3.63, 3.8) is 0 Å². The molecule has 0 radical (unpaired) electrons. The van der Waals surface area contributed by atoms with Gasteiger partial charge in [-0.2, -0.15) is 14.8 Å². The van der Waals surface area contributed by atoms with E-state index >= 15 is 0 Å². The lowest BCUT2D eigenvalue weighted by atomic mass is 10.2. The monoisotopic (exact) mass is 484 g/mol. The number of nitrogens with one attached hydrogen (secondary N) is 3. The Morgan fingerprint density at radius 3 is 2.81 bits per heavy atom. The first-order valence-corrected chi connectivity index (χ1v) is 9.74. The van der Waals surface area contributed by atoms with Gasteiger partial charge in [0.2, 0.25) is 11.9 Å². The summed E-state index contributed by atoms with van der Waals surface area (Å²) >= 11 is 3.34. The van der Waals surface area contributed by atoms with E-state index in [1.165, 1.54) is 29.1 Å². The van der Waals surface area contributed by atoms with Gasteiger partial charge in [0, 0.05) is 25.7 Å². The molecule has 2 heterocycles. The average molecular weight is 485 g/mol. The SMILES string of the molecule is [C-]#[N+]C(C)(C)n1cc(Nc2ncc(Br)c(Nc3cc(NC(=O)C=C)ccc3F)n2)cn1. The number of nitrogens with zero attached hydrogens (tertiary/aromatic N) is 5. The zero-order chi connectivity index (χ0) is 22.6. The van der Waals surface area contributed by atoms with Crippen molar-refractivity contribution in [3.8, 4) is 0 Å². The fourth-order valence-corrected chi connectivity index (χ4v) is 2.69. The maximum atomic E-state index is 14.3. The molecule has 3 N–H and O–H groups in total. The molecule has 1 amide bonds. The van der Waals surface area contributed by atoms with E-state index in [9.17, 15) is 9.18 Å². The minimum Gasteiger partial charge on any atom is -0.337 e. The first-order valence-electron chi connectivity index (χ1n) is 8.95. The molecule has 158 valence electrons. The first kappa shape index (κ1) is 21.9. The number of carbonyl (C=O) groups excluding carboxylic acids is 1. The van der Waals surface area contributed by atoms with Crippen LogP contribution in [0.15, 0.2) is 53.9 Å². The normalized spacial score (nSPS) is 10.8. The molecular formula is C20H18BrFN8O. The van der Waals surface area contributed by atoms with Gasteiger partial charge in [0.1, 0.15) is 11.6 Å². The average Bonchev–Trinajstić information content (AvgIpc) is 3.22. The van der Waals surface area contributed by atoms with Crippen LogP contribution in [0.25, 0.3) is 4.85 Å². The number of hydrogen-bond donors (Lipinski definition) is 3. The van der Waals surface area contributed by atoms with Crippen LogP contribution in [0.3, 0.4) is 0 Å². The van der Waals surface area contributed by atoms with Crippen LogP contribution in [0.2, 0.25) is 0 Å². The highest BCUT2D eigenvalue weighted by molar-refractivity contribution is 9.10. The van der Waals surface area contributed by atoms with Crippen molar-refractivity contribution in [2.75, 3.05) is 16.0 Å². The van der Waals surface area contributed by atoms with Gasteiger partial charge in [-0.1, -0.05) is 6.58 Å². The van der Waals surface area contributed by atoms with Gasteiger partial charge in [0.05, 0.1) is 28.2 Å². The summed E-state index contributed by atoms with van der Waals surface area (Å²) in [5.74, 6) is -0.395. The molecule has 0 atom stereocenters. The molecule has 3 aromatic rings. The molecule has 2 aromatic heterocycles. The number of amides is 1. The Labute approximate surface area is 186 Å². The lowest BCUT2D eigenvalue weighted by Gasteiger charge is -2.12. The smallest absolute Gasteiger partial charge is 0.319 e. The highest BCUT2D eigenvalue weighted by atomic mass is 79.9. The molecule has 3 rings (SSSR count). The molecule has 31 heavy (non-hydrogen) atoms. The van der Waals surface area contributed by atoms with E-state index in [0.29, 0.717) is 21.7 Å². The van der Waals surface area contributed by atoms with Gasteiger partial charge < -0.3 is 16.0 Å². The molecule has 0 saturated carbocycles. The third-order valence-electron chi connectivity index (χ3n) is 4.09. The van der Waals surface area contributed by atoms with Gasteiger partial charge in [0.25, 0.3) is 0 Å². The standard InChI is InChI=1S/C20H18BrFN8O/c1-5-17(31)26-12-6-7-15(22)16(8-12)28-18-14(21)10-24-19(29-18)27-13-9-25-30(11-13)20(2,3)23-4/h5-11H,1H2,2-3H3,(H,26,31)(H2,24,27,28,29). The lowest BCUT2D eigenvalue weighted by Crippen LogP contribution is -2.21. The predicted molar refractivity (Wildman–Crippen MR) is 120 cm³/mol. The quantitative estimate of drug-likeness (QED) is 0.329. The fourth-order valence-electron chi connectivity index (χ4n) is 2.40. The first-order chi connectivity index (χ1) is 14.7. The minimum atomic E-state index is -0.823. The van der Waals surface area contributed by atoms with Crippen molar-refractivity contribution in [2.24, 2.45) is 0 Å². The van der Waals surface area contributed by atoms with E-state index in [2.05, 4.69) is 58.4 Å². The van der Waals surface area contributed by atoms with Gasteiger partial charge in [0.15, 0.2) is 0 Å². The number of rotatable bonds is 7. The maximum Gasteiger partial charge on any atom is 0.319 e. The Balaban J connectivity index is 1.82. The van der Waals surface area contributed by atoms with Crippen LogP contribution >= 0.6 is 15.9 Å². The van der Waals surface area contributed by atoms with E-state index < -0.39 is 17.4 Å². The molecule has 0 spiro atoms. The predicted octanol–water partition coefficient (Wildman–Crippen LogP) is 4.80. The summed E-state index contributed by atoms with van der Waals surface area (Å²) in [7, 11) is 0. The summed E-state index contributed by atoms with van der Waals surface area (Å²) in [5.41, 5.74) is 0.271. The third kappa shape index (κ3) is 5.23. The molecular weight excluding hydrogens is 467 g/mol. The Bertz CT molecular complexity index is 1180. The highest BCUT2D eigenvalue weighted by Gasteiger charge is 2.26. The number of hydrogen-bond acceptors (Lipinski definition) is 6. The molecule has 0 aliphatic heterocycles. The zero-order valence-corrected chi connectivity index (χ0v) is 18.2. The topological polar surface area (TPSA) is 101 Å². The van der Waals surface area contributed by atoms with Gasteiger partial charge in [-0.25, -0.2) is 15.9 Å². The number of halogens is 2. The van der Waals surface area contributed by atoms with E-state index in [4.69, 9.17) is 6.57 Å². The fraction of sp³-hybridized carbons (Fsp3) is 0.150. The van der Waals surface area contributed by atoms with Crippen molar-refractivity contribution >= 4 is 50.7 Å². The second-order valence-corrected chi connectivity index (χ2v) is 7.66. The van der Waals surface area contributed by atoms with Crippen LogP contribution in [0, 0.1) is 12.4 Å². The molecule has 11 heteroatoms. The Kier molecular flexibility index (Phi) is 6.31. The van der Waals surface area contributed by atoms with Crippen molar-refractivity contribution < 1.29 is 9.18 Å². The summed E-state index contributed by atoms with van der Waals surface area (Å²) in [6, 6.07) is 4.10. The lowest BCUT2D eigenvalue weighted by molar-refractivity contribution is -0.111. The van der Waals surface area contributed by atoms with Crippen LogP contribution in [-0.2, 0) is 10.5 Å². The van der Waals surface area contributed by atoms with Gasteiger partial charge in [-0.3, -0.25) is 9.64 Å². The third-order valence-corrected chi connectivity index (χ3v) is 4.67. The van der Waals surface area contributed by atoms with Crippen LogP contribution in [-0.4, -0.2) is 25.7 Å². The molecule has 0 aliphatic rings. The van der Waals surface area contributed by atoms with Crippen LogP contribution in [0.4, 0.5) is 33.2 Å². The van der Waals surface area contributed by atoms with Crippen LogP contribution in [0.5, 0.6) is 0 Å². The second kappa shape index (κ2) is 8.93. The number of benzene rings is 1. The molecule has 9 nitrogen and oxygen atoms in total. The van der Waals surface area contributed by atoms with Crippen LogP contribution in [0.1, 0.15) is 13.8 Å². The van der Waals surface area contributed by atoms with Crippen LogP contribution < -0.4 is 16.0 Å².